The van der Waals surface area contributed by atoms with Crippen molar-refractivity contribution in [3.8, 4) is 11.3 Å². The Labute approximate surface area is 157 Å². The van der Waals surface area contributed by atoms with E-state index in [4.69, 9.17) is 0 Å². The lowest BCUT2D eigenvalue weighted by atomic mass is 10.1. The molecule has 1 aliphatic rings. The summed E-state index contributed by atoms with van der Waals surface area (Å²) in [6.07, 6.45) is 2.07. The fourth-order valence-electron chi connectivity index (χ4n) is 2.93. The Balaban J connectivity index is 1.40. The van der Waals surface area contributed by atoms with Crippen molar-refractivity contribution in [3.05, 3.63) is 54.2 Å². The number of fused-ring (bicyclic) bond motifs is 2. The Bertz CT molecular complexity index is 1110. The van der Waals surface area contributed by atoms with Gasteiger partial charge in [-0.3, -0.25) is 4.79 Å². The van der Waals surface area contributed by atoms with E-state index in [2.05, 4.69) is 29.8 Å². The summed E-state index contributed by atoms with van der Waals surface area (Å²) < 4.78 is 10.5. The molecule has 0 saturated heterocycles. The number of nitrogens with one attached hydrogen (secondary N) is 1. The molecule has 0 saturated carbocycles. The van der Waals surface area contributed by atoms with Crippen molar-refractivity contribution in [1.29, 1.82) is 0 Å². The number of carbonyl (C=O) groups is 1. The molecule has 6 nitrogen and oxygen atoms in total. The molecule has 1 aliphatic heterocycles. The number of carbonyl (C=O) groups excluding carboxylic acids is 1. The first-order valence-corrected chi connectivity index (χ1v) is 9.82. The molecule has 0 radical (unpaired) electrons. The van der Waals surface area contributed by atoms with E-state index in [0.717, 1.165) is 57.2 Å². The molecule has 0 unspecified atom stereocenters. The quantitative estimate of drug-likeness (QED) is 0.584. The van der Waals surface area contributed by atoms with Crippen molar-refractivity contribution in [1.82, 2.24) is 18.3 Å². The molecule has 8 heteroatoms. The second-order valence-electron chi connectivity index (χ2n) is 5.95. The minimum atomic E-state index is -0.167. The van der Waals surface area contributed by atoms with Gasteiger partial charge >= 0.3 is 0 Å². The van der Waals surface area contributed by atoms with Gasteiger partial charge in [0.05, 0.1) is 17.4 Å². The third-order valence-corrected chi connectivity index (χ3v) is 5.76. The summed E-state index contributed by atoms with van der Waals surface area (Å²) in [7, 11) is 0. The average molecular weight is 379 g/mol. The molecule has 2 aromatic heterocycles. The van der Waals surface area contributed by atoms with Crippen LogP contribution in [-0.2, 0) is 6.54 Å². The van der Waals surface area contributed by atoms with Crippen LogP contribution in [0, 0.1) is 0 Å². The smallest absolute Gasteiger partial charge is 0.255 e. The van der Waals surface area contributed by atoms with E-state index in [1.165, 1.54) is 0 Å². The average Bonchev–Trinajstić information content (AvgIpc) is 3.36. The molecule has 0 spiro atoms. The highest BCUT2D eigenvalue weighted by Gasteiger charge is 2.16. The minimum absolute atomic E-state index is 0.167. The van der Waals surface area contributed by atoms with E-state index in [1.54, 1.807) is 23.9 Å². The predicted molar refractivity (Wildman–Crippen MR) is 104 cm³/mol. The van der Waals surface area contributed by atoms with Gasteiger partial charge in [-0.05, 0) is 30.3 Å². The molecule has 26 heavy (non-hydrogen) atoms. The third kappa shape index (κ3) is 2.77. The highest BCUT2D eigenvalue weighted by molar-refractivity contribution is 7.99. The lowest BCUT2D eigenvalue weighted by molar-refractivity contribution is 0.102. The molecule has 0 atom stereocenters. The maximum Gasteiger partial charge on any atom is 0.255 e. The number of imidazole rings is 1. The van der Waals surface area contributed by atoms with E-state index in [-0.39, 0.29) is 5.91 Å². The number of thioether (sulfide) groups is 1. The summed E-state index contributed by atoms with van der Waals surface area (Å²) in [4.78, 5) is 17.2. The van der Waals surface area contributed by atoms with Crippen LogP contribution in [0.5, 0.6) is 0 Å². The lowest BCUT2D eigenvalue weighted by Crippen LogP contribution is -2.11. The van der Waals surface area contributed by atoms with Gasteiger partial charge in [-0.15, -0.1) is 0 Å². The van der Waals surface area contributed by atoms with Crippen LogP contribution in [0.4, 0.5) is 5.69 Å². The largest absolute Gasteiger partial charge is 0.325 e. The van der Waals surface area contributed by atoms with Crippen molar-refractivity contribution in [3.63, 3.8) is 0 Å². The summed E-state index contributed by atoms with van der Waals surface area (Å²) in [5.74, 6) is 0.914. The van der Waals surface area contributed by atoms with Crippen LogP contribution in [0.3, 0.4) is 0 Å². The highest BCUT2D eigenvalue weighted by atomic mass is 32.2. The summed E-state index contributed by atoms with van der Waals surface area (Å²) in [6, 6.07) is 13.1. The zero-order valence-corrected chi connectivity index (χ0v) is 15.2. The van der Waals surface area contributed by atoms with E-state index >= 15 is 0 Å². The fraction of sp³-hybridized carbons (Fsp3) is 0.111. The topological polar surface area (TPSA) is 72.7 Å². The second-order valence-corrected chi connectivity index (χ2v) is 7.54. The zero-order chi connectivity index (χ0) is 17.5. The Morgan fingerprint density at radius 1 is 1.12 bits per heavy atom. The Morgan fingerprint density at radius 2 is 2.04 bits per heavy atom. The molecule has 1 N–H and O–H groups in total. The summed E-state index contributed by atoms with van der Waals surface area (Å²) in [6.45, 7) is 0.997. The molecular weight excluding hydrogens is 366 g/mol. The van der Waals surface area contributed by atoms with E-state index < -0.39 is 0 Å². The molecule has 1 amide bonds. The first-order valence-electron chi connectivity index (χ1n) is 8.10. The molecule has 0 bridgehead atoms. The van der Waals surface area contributed by atoms with Crippen LogP contribution in [0.25, 0.3) is 22.3 Å². The Kier molecular flexibility index (Phi) is 3.72. The van der Waals surface area contributed by atoms with E-state index in [9.17, 15) is 4.79 Å². The summed E-state index contributed by atoms with van der Waals surface area (Å²) in [5, 5.41) is 4.01. The minimum Gasteiger partial charge on any atom is -0.325 e. The fourth-order valence-corrected chi connectivity index (χ4v) is 4.39. The van der Waals surface area contributed by atoms with E-state index in [1.807, 2.05) is 30.3 Å². The number of aromatic nitrogens is 4. The highest BCUT2D eigenvalue weighted by Crippen LogP contribution is 2.30. The SMILES string of the molecule is O=C(Nc1cccc(-c2cn3c(n2)SCC3)c1)c1ccc2nsnc2c1. The van der Waals surface area contributed by atoms with Gasteiger partial charge < -0.3 is 9.88 Å². The van der Waals surface area contributed by atoms with Gasteiger partial charge in [0, 0.05) is 35.3 Å². The third-order valence-electron chi connectivity index (χ3n) is 4.24. The van der Waals surface area contributed by atoms with Gasteiger partial charge in [-0.1, -0.05) is 23.9 Å². The second kappa shape index (κ2) is 6.22. The van der Waals surface area contributed by atoms with Crippen LogP contribution in [0.15, 0.2) is 53.8 Å². The van der Waals surface area contributed by atoms with Gasteiger partial charge in [0.2, 0.25) is 0 Å². The van der Waals surface area contributed by atoms with Crippen LogP contribution in [0.1, 0.15) is 10.4 Å². The number of benzene rings is 2. The normalized spacial score (nSPS) is 13.1. The van der Waals surface area contributed by atoms with Crippen molar-refractivity contribution in [2.24, 2.45) is 0 Å². The maximum absolute atomic E-state index is 12.6. The molecule has 3 heterocycles. The summed E-state index contributed by atoms with van der Waals surface area (Å²) >= 11 is 2.91. The van der Waals surface area contributed by atoms with Crippen molar-refractivity contribution in [2.45, 2.75) is 11.7 Å². The number of hydrogen-bond donors (Lipinski definition) is 1. The standard InChI is InChI=1S/C18H13N5OS2/c24-17(12-4-5-14-15(9-12)22-26-21-14)19-13-3-1-2-11(8-13)16-10-23-6-7-25-18(23)20-16/h1-5,8-10H,6-7H2,(H,19,24). The molecule has 128 valence electrons. The van der Waals surface area contributed by atoms with Crippen LogP contribution < -0.4 is 5.32 Å². The van der Waals surface area contributed by atoms with Crippen LogP contribution in [-0.4, -0.2) is 30.0 Å². The molecular formula is C18H13N5OS2. The van der Waals surface area contributed by atoms with Crippen LogP contribution >= 0.6 is 23.5 Å². The number of rotatable bonds is 3. The number of amides is 1. The van der Waals surface area contributed by atoms with Gasteiger partial charge in [0.25, 0.3) is 5.91 Å². The number of hydrogen-bond acceptors (Lipinski definition) is 6. The predicted octanol–water partition coefficient (Wildman–Crippen LogP) is 3.91. The molecule has 2 aromatic carbocycles. The van der Waals surface area contributed by atoms with Crippen molar-refractivity contribution < 1.29 is 4.79 Å². The van der Waals surface area contributed by atoms with E-state index in [0.29, 0.717) is 5.56 Å². The van der Waals surface area contributed by atoms with Crippen molar-refractivity contribution in [2.75, 3.05) is 11.1 Å². The molecule has 5 rings (SSSR count). The Hall–Kier alpha value is -2.71. The molecule has 0 fully saturated rings. The zero-order valence-electron chi connectivity index (χ0n) is 13.5. The number of nitrogens with zero attached hydrogens (tertiary/aromatic N) is 4. The molecule has 4 aromatic rings. The van der Waals surface area contributed by atoms with Crippen molar-refractivity contribution >= 4 is 46.1 Å². The van der Waals surface area contributed by atoms with Gasteiger partial charge in [0.15, 0.2) is 5.16 Å². The summed E-state index contributed by atoms with van der Waals surface area (Å²) in [5.41, 5.74) is 4.76. The Morgan fingerprint density at radius 3 is 2.96 bits per heavy atom. The molecule has 0 aliphatic carbocycles. The first kappa shape index (κ1) is 15.5. The van der Waals surface area contributed by atoms with Gasteiger partial charge in [0.1, 0.15) is 11.0 Å². The number of aryl methyl sites for hydroxylation is 1. The first-order chi connectivity index (χ1) is 12.8. The lowest BCUT2D eigenvalue weighted by Gasteiger charge is -2.07. The van der Waals surface area contributed by atoms with Gasteiger partial charge in [-0.2, -0.15) is 8.75 Å². The number of anilines is 1. The monoisotopic (exact) mass is 379 g/mol. The maximum atomic E-state index is 12.6. The van der Waals surface area contributed by atoms with Crippen LogP contribution in [0.2, 0.25) is 0 Å². The van der Waals surface area contributed by atoms with Gasteiger partial charge in [-0.25, -0.2) is 4.98 Å².